The van der Waals surface area contributed by atoms with Crippen LogP contribution in [0.2, 0.25) is 0 Å². The van der Waals surface area contributed by atoms with Crippen LogP contribution in [0.5, 0.6) is 0 Å². The van der Waals surface area contributed by atoms with E-state index in [2.05, 4.69) is 15.7 Å². The molecule has 3 amide bonds. The number of urea groups is 1. The third kappa shape index (κ3) is 3.34. The van der Waals surface area contributed by atoms with Crippen molar-refractivity contribution in [2.24, 2.45) is 0 Å². The fourth-order valence-electron chi connectivity index (χ4n) is 1.87. The number of aryl methyl sites for hydroxylation is 1. The minimum atomic E-state index is -0.960. The smallest absolute Gasteiger partial charge is 0.321 e. The molecule has 0 saturated heterocycles. The molecule has 0 fully saturated rings. The van der Waals surface area contributed by atoms with Crippen LogP contribution in [0.15, 0.2) is 0 Å². The lowest BCUT2D eigenvalue weighted by molar-refractivity contribution is -0.136. The lowest BCUT2D eigenvalue weighted by Gasteiger charge is -2.13. The highest BCUT2D eigenvalue weighted by atomic mass is 16.4. The van der Waals surface area contributed by atoms with Gasteiger partial charge in [0.25, 0.3) is 5.91 Å². The van der Waals surface area contributed by atoms with E-state index in [0.717, 1.165) is 0 Å². The standard InChI is InChI=1S/C12H18N4O4/c1-6-9(5-10(17)18)7(2)16(15-6)8(3)11(19)14-12(20)13-4/h8H,5H2,1-4H3,(H,17,18)(H2,13,14,19,20). The number of hydrogen-bond donors (Lipinski definition) is 3. The number of aromatic nitrogens is 2. The number of carbonyl (C=O) groups is 3. The number of carboxylic acids is 1. The zero-order chi connectivity index (χ0) is 15.4. The average molecular weight is 282 g/mol. The number of imide groups is 1. The van der Waals surface area contributed by atoms with Crippen molar-refractivity contribution < 1.29 is 19.5 Å². The predicted octanol–water partition coefficient (Wildman–Crippen LogP) is 0.144. The third-order valence-corrected chi connectivity index (χ3v) is 3.01. The summed E-state index contributed by atoms with van der Waals surface area (Å²) >= 11 is 0. The molecule has 1 aromatic rings. The van der Waals surface area contributed by atoms with Crippen LogP contribution >= 0.6 is 0 Å². The van der Waals surface area contributed by atoms with Crippen LogP contribution in [0.3, 0.4) is 0 Å². The molecule has 0 aliphatic rings. The molecular weight excluding hydrogens is 264 g/mol. The summed E-state index contributed by atoms with van der Waals surface area (Å²) in [5.74, 6) is -1.48. The number of carboxylic acid groups (broad SMARTS) is 1. The largest absolute Gasteiger partial charge is 0.481 e. The molecule has 0 aromatic carbocycles. The van der Waals surface area contributed by atoms with Gasteiger partial charge in [0.15, 0.2) is 0 Å². The first kappa shape index (κ1) is 15.7. The van der Waals surface area contributed by atoms with Gasteiger partial charge in [-0.25, -0.2) is 4.79 Å². The quantitative estimate of drug-likeness (QED) is 0.727. The van der Waals surface area contributed by atoms with Crippen molar-refractivity contribution in [1.82, 2.24) is 20.4 Å². The first-order chi connectivity index (χ1) is 9.27. The Kier molecular flexibility index (Phi) is 4.84. The van der Waals surface area contributed by atoms with Gasteiger partial charge in [-0.2, -0.15) is 5.10 Å². The second-order valence-electron chi connectivity index (χ2n) is 4.41. The maximum absolute atomic E-state index is 11.9. The van der Waals surface area contributed by atoms with Crippen LogP contribution in [-0.2, 0) is 16.0 Å². The van der Waals surface area contributed by atoms with E-state index in [4.69, 9.17) is 5.11 Å². The highest BCUT2D eigenvalue weighted by molar-refractivity contribution is 5.95. The number of aliphatic carboxylic acids is 1. The summed E-state index contributed by atoms with van der Waals surface area (Å²) in [6.45, 7) is 4.97. The van der Waals surface area contributed by atoms with Gasteiger partial charge in [0.05, 0.1) is 12.1 Å². The molecule has 1 aromatic heterocycles. The Morgan fingerprint density at radius 3 is 2.45 bits per heavy atom. The third-order valence-electron chi connectivity index (χ3n) is 3.01. The van der Waals surface area contributed by atoms with Crippen LogP contribution < -0.4 is 10.6 Å². The molecule has 3 N–H and O–H groups in total. The SMILES string of the molecule is CNC(=O)NC(=O)C(C)n1nc(C)c(CC(=O)O)c1C. The molecule has 1 atom stereocenters. The molecule has 0 aliphatic heterocycles. The van der Waals surface area contributed by atoms with Gasteiger partial charge in [0.2, 0.25) is 0 Å². The maximum atomic E-state index is 11.9. The molecule has 110 valence electrons. The number of amides is 3. The molecule has 20 heavy (non-hydrogen) atoms. The molecule has 0 aliphatic carbocycles. The lowest BCUT2D eigenvalue weighted by atomic mass is 10.1. The average Bonchev–Trinajstić information content (AvgIpc) is 2.65. The monoisotopic (exact) mass is 282 g/mol. The Morgan fingerprint density at radius 1 is 1.35 bits per heavy atom. The van der Waals surface area contributed by atoms with Gasteiger partial charge >= 0.3 is 12.0 Å². The topological polar surface area (TPSA) is 113 Å². The van der Waals surface area contributed by atoms with Gasteiger partial charge in [0, 0.05) is 18.3 Å². The Bertz CT molecular complexity index is 550. The highest BCUT2D eigenvalue weighted by Gasteiger charge is 2.23. The van der Waals surface area contributed by atoms with Gasteiger partial charge in [-0.1, -0.05) is 0 Å². The molecule has 0 spiro atoms. The van der Waals surface area contributed by atoms with Crippen molar-refractivity contribution in [2.45, 2.75) is 33.2 Å². The van der Waals surface area contributed by atoms with Gasteiger partial charge in [-0.05, 0) is 20.8 Å². The number of rotatable bonds is 4. The molecule has 8 heteroatoms. The zero-order valence-corrected chi connectivity index (χ0v) is 11.9. The van der Waals surface area contributed by atoms with Crippen LogP contribution in [-0.4, -0.2) is 39.8 Å². The fourth-order valence-corrected chi connectivity index (χ4v) is 1.87. The Morgan fingerprint density at radius 2 is 1.95 bits per heavy atom. The zero-order valence-electron chi connectivity index (χ0n) is 11.9. The van der Waals surface area contributed by atoms with Crippen LogP contribution in [0, 0.1) is 13.8 Å². The predicted molar refractivity (Wildman–Crippen MR) is 70.4 cm³/mol. The minimum absolute atomic E-state index is 0.151. The van der Waals surface area contributed by atoms with Crippen molar-refractivity contribution in [2.75, 3.05) is 7.05 Å². The summed E-state index contributed by atoms with van der Waals surface area (Å²) in [6.07, 6.45) is -0.151. The van der Waals surface area contributed by atoms with E-state index in [1.54, 1.807) is 20.8 Å². The Balaban J connectivity index is 2.99. The molecule has 0 radical (unpaired) electrons. The summed E-state index contributed by atoms with van der Waals surface area (Å²) in [7, 11) is 1.40. The van der Waals surface area contributed by atoms with Gasteiger partial charge in [-0.3, -0.25) is 19.6 Å². The number of nitrogens with zero attached hydrogens (tertiary/aromatic N) is 2. The Hall–Kier alpha value is -2.38. The first-order valence-electron chi connectivity index (χ1n) is 6.06. The van der Waals surface area contributed by atoms with E-state index in [1.165, 1.54) is 11.7 Å². The van der Waals surface area contributed by atoms with Gasteiger partial charge in [-0.15, -0.1) is 0 Å². The van der Waals surface area contributed by atoms with E-state index in [9.17, 15) is 14.4 Å². The van der Waals surface area contributed by atoms with Crippen LogP contribution in [0.25, 0.3) is 0 Å². The summed E-state index contributed by atoms with van der Waals surface area (Å²) in [5, 5.41) is 17.5. The molecule has 0 saturated carbocycles. The number of hydrogen-bond acceptors (Lipinski definition) is 4. The van der Waals surface area contributed by atoms with E-state index in [0.29, 0.717) is 17.0 Å². The van der Waals surface area contributed by atoms with Crippen molar-refractivity contribution in [3.8, 4) is 0 Å². The summed E-state index contributed by atoms with van der Waals surface area (Å²) in [4.78, 5) is 33.8. The fraction of sp³-hybridized carbons (Fsp3) is 0.500. The molecule has 8 nitrogen and oxygen atoms in total. The molecule has 0 bridgehead atoms. The molecule has 1 unspecified atom stereocenters. The molecular formula is C12H18N4O4. The Labute approximate surface area is 116 Å². The second kappa shape index (κ2) is 6.18. The molecule has 1 heterocycles. The van der Waals surface area contributed by atoms with E-state index < -0.39 is 23.9 Å². The van der Waals surface area contributed by atoms with Gasteiger partial charge in [0.1, 0.15) is 6.04 Å². The number of nitrogens with one attached hydrogen (secondary N) is 2. The van der Waals surface area contributed by atoms with E-state index in [-0.39, 0.29) is 6.42 Å². The normalized spacial score (nSPS) is 11.8. The van der Waals surface area contributed by atoms with Crippen molar-refractivity contribution in [3.63, 3.8) is 0 Å². The van der Waals surface area contributed by atoms with Gasteiger partial charge < -0.3 is 10.4 Å². The van der Waals surface area contributed by atoms with E-state index >= 15 is 0 Å². The van der Waals surface area contributed by atoms with Crippen molar-refractivity contribution in [3.05, 3.63) is 17.0 Å². The summed E-state index contributed by atoms with van der Waals surface area (Å²) in [6, 6.07) is -1.32. The number of carbonyl (C=O) groups excluding carboxylic acids is 2. The minimum Gasteiger partial charge on any atom is -0.481 e. The van der Waals surface area contributed by atoms with E-state index in [1.807, 2.05) is 0 Å². The summed E-state index contributed by atoms with van der Waals surface area (Å²) in [5.41, 5.74) is 1.74. The summed E-state index contributed by atoms with van der Waals surface area (Å²) < 4.78 is 1.42. The van der Waals surface area contributed by atoms with Crippen molar-refractivity contribution >= 4 is 17.9 Å². The second-order valence-corrected chi connectivity index (χ2v) is 4.41. The highest BCUT2D eigenvalue weighted by Crippen LogP contribution is 2.18. The van der Waals surface area contributed by atoms with Crippen molar-refractivity contribution in [1.29, 1.82) is 0 Å². The maximum Gasteiger partial charge on any atom is 0.321 e. The molecule has 1 rings (SSSR count). The lowest BCUT2D eigenvalue weighted by Crippen LogP contribution is -2.41. The van der Waals surface area contributed by atoms with Crippen LogP contribution in [0.1, 0.15) is 29.9 Å². The van der Waals surface area contributed by atoms with Crippen LogP contribution in [0.4, 0.5) is 4.79 Å². The first-order valence-corrected chi connectivity index (χ1v) is 6.06.